The van der Waals surface area contributed by atoms with E-state index in [1.165, 1.54) is 18.5 Å². The Hall–Kier alpha value is -2.24. The van der Waals surface area contributed by atoms with Crippen molar-refractivity contribution in [3.05, 3.63) is 47.9 Å². The van der Waals surface area contributed by atoms with Gasteiger partial charge in [-0.3, -0.25) is 0 Å². The number of halogens is 2. The predicted molar refractivity (Wildman–Crippen MR) is 86.8 cm³/mol. The molecule has 1 saturated heterocycles. The molecule has 6 heteroatoms. The lowest BCUT2D eigenvalue weighted by Crippen LogP contribution is -2.32. The molecule has 0 amide bonds. The Morgan fingerprint density at radius 2 is 1.65 bits per heavy atom. The lowest BCUT2D eigenvalue weighted by molar-refractivity contribution is 0.584. The fourth-order valence-corrected chi connectivity index (χ4v) is 2.90. The summed E-state index contributed by atoms with van der Waals surface area (Å²) < 4.78 is 27.5. The van der Waals surface area contributed by atoms with Gasteiger partial charge in [-0.2, -0.15) is 0 Å². The first-order valence-corrected chi connectivity index (χ1v) is 7.94. The molecular formula is C17H20F2N4. The summed E-state index contributed by atoms with van der Waals surface area (Å²) in [5.41, 5.74) is 1.44. The van der Waals surface area contributed by atoms with Gasteiger partial charge in [0.1, 0.15) is 12.1 Å². The average molecular weight is 318 g/mol. The minimum Gasteiger partial charge on any atom is -0.370 e. The van der Waals surface area contributed by atoms with Crippen molar-refractivity contribution in [3.63, 3.8) is 0 Å². The van der Waals surface area contributed by atoms with E-state index in [0.717, 1.165) is 31.7 Å². The molecule has 4 nitrogen and oxygen atoms in total. The number of hydrogen-bond acceptors (Lipinski definition) is 4. The van der Waals surface area contributed by atoms with Crippen molar-refractivity contribution >= 4 is 11.5 Å². The first kappa shape index (κ1) is 15.6. The summed E-state index contributed by atoms with van der Waals surface area (Å²) in [6.07, 6.45) is 2.87. The minimum absolute atomic E-state index is 0.236. The van der Waals surface area contributed by atoms with Crippen LogP contribution in [0.5, 0.6) is 0 Å². The van der Waals surface area contributed by atoms with Crippen LogP contribution < -0.4 is 9.80 Å². The van der Waals surface area contributed by atoms with E-state index in [4.69, 9.17) is 0 Å². The number of rotatable bonds is 3. The maximum Gasteiger partial charge on any atom is 0.187 e. The molecule has 0 saturated carbocycles. The SMILES string of the molecule is CCc1ncnc(N2CCCN(c3ccc(F)cc3)CC2)c1F. The van der Waals surface area contributed by atoms with Crippen LogP contribution in [0.25, 0.3) is 0 Å². The number of anilines is 2. The first-order valence-electron chi connectivity index (χ1n) is 7.94. The second kappa shape index (κ2) is 6.89. The van der Waals surface area contributed by atoms with Gasteiger partial charge in [-0.25, -0.2) is 18.7 Å². The molecule has 0 radical (unpaired) electrons. The predicted octanol–water partition coefficient (Wildman–Crippen LogP) is 3.03. The summed E-state index contributed by atoms with van der Waals surface area (Å²) in [5.74, 6) is -0.164. The Labute approximate surface area is 134 Å². The van der Waals surface area contributed by atoms with Crippen molar-refractivity contribution in [2.75, 3.05) is 36.0 Å². The molecular weight excluding hydrogens is 298 g/mol. The normalized spacial score (nSPS) is 15.6. The van der Waals surface area contributed by atoms with Crippen molar-refractivity contribution in [1.29, 1.82) is 0 Å². The van der Waals surface area contributed by atoms with Gasteiger partial charge >= 0.3 is 0 Å². The third-order valence-electron chi connectivity index (χ3n) is 4.17. The molecule has 1 aliphatic heterocycles. The highest BCUT2D eigenvalue weighted by Crippen LogP contribution is 2.22. The van der Waals surface area contributed by atoms with E-state index in [9.17, 15) is 8.78 Å². The number of aryl methyl sites for hydroxylation is 1. The third-order valence-corrected chi connectivity index (χ3v) is 4.17. The van der Waals surface area contributed by atoms with Gasteiger partial charge in [0.25, 0.3) is 0 Å². The highest BCUT2D eigenvalue weighted by Gasteiger charge is 2.20. The van der Waals surface area contributed by atoms with Crippen molar-refractivity contribution < 1.29 is 8.78 Å². The molecule has 1 fully saturated rings. The molecule has 0 atom stereocenters. The molecule has 1 aromatic carbocycles. The van der Waals surface area contributed by atoms with E-state index in [0.29, 0.717) is 24.5 Å². The van der Waals surface area contributed by atoms with Crippen LogP contribution in [-0.2, 0) is 6.42 Å². The number of hydrogen-bond donors (Lipinski definition) is 0. The summed E-state index contributed by atoms with van der Waals surface area (Å²) >= 11 is 0. The summed E-state index contributed by atoms with van der Waals surface area (Å²) in [6.45, 7) is 4.91. The topological polar surface area (TPSA) is 32.3 Å². The highest BCUT2D eigenvalue weighted by atomic mass is 19.1. The van der Waals surface area contributed by atoms with Crippen LogP contribution in [0, 0.1) is 11.6 Å². The summed E-state index contributed by atoms with van der Waals surface area (Å²) in [4.78, 5) is 12.3. The molecule has 2 heterocycles. The Balaban J connectivity index is 1.75. The van der Waals surface area contributed by atoms with E-state index < -0.39 is 0 Å². The third kappa shape index (κ3) is 3.41. The zero-order chi connectivity index (χ0) is 16.2. The smallest absolute Gasteiger partial charge is 0.187 e. The molecule has 0 spiro atoms. The molecule has 0 unspecified atom stereocenters. The van der Waals surface area contributed by atoms with Gasteiger partial charge in [-0.05, 0) is 37.1 Å². The average Bonchev–Trinajstić information content (AvgIpc) is 2.82. The molecule has 2 aromatic rings. The second-order valence-corrected chi connectivity index (χ2v) is 5.62. The molecule has 3 rings (SSSR count). The van der Waals surface area contributed by atoms with Crippen LogP contribution in [0.1, 0.15) is 19.0 Å². The molecule has 23 heavy (non-hydrogen) atoms. The Morgan fingerprint density at radius 3 is 2.39 bits per heavy atom. The van der Waals surface area contributed by atoms with Gasteiger partial charge in [0.05, 0.1) is 5.69 Å². The lowest BCUT2D eigenvalue weighted by atomic mass is 10.2. The van der Waals surface area contributed by atoms with E-state index >= 15 is 0 Å². The fraction of sp³-hybridized carbons (Fsp3) is 0.412. The quantitative estimate of drug-likeness (QED) is 0.871. The van der Waals surface area contributed by atoms with Crippen LogP contribution >= 0.6 is 0 Å². The van der Waals surface area contributed by atoms with Crippen molar-refractivity contribution in [1.82, 2.24) is 9.97 Å². The minimum atomic E-state index is -0.315. The standard InChI is InChI=1S/C17H20F2N4/c1-2-15-16(19)17(21-12-20-15)23-9-3-8-22(10-11-23)14-6-4-13(18)5-7-14/h4-7,12H,2-3,8-11H2,1H3. The Kier molecular flexibility index (Phi) is 4.69. The van der Waals surface area contributed by atoms with E-state index in [2.05, 4.69) is 14.9 Å². The molecule has 0 aliphatic carbocycles. The van der Waals surface area contributed by atoms with Gasteiger partial charge in [0, 0.05) is 31.9 Å². The summed E-state index contributed by atoms with van der Waals surface area (Å²) in [6, 6.07) is 6.50. The van der Waals surface area contributed by atoms with E-state index in [-0.39, 0.29) is 11.6 Å². The van der Waals surface area contributed by atoms with Crippen LogP contribution in [-0.4, -0.2) is 36.1 Å². The maximum atomic E-state index is 14.4. The van der Waals surface area contributed by atoms with E-state index in [1.54, 1.807) is 12.1 Å². The van der Waals surface area contributed by atoms with E-state index in [1.807, 2.05) is 11.8 Å². The van der Waals surface area contributed by atoms with Crippen LogP contribution in [0.15, 0.2) is 30.6 Å². The number of benzene rings is 1. The molecule has 1 aromatic heterocycles. The lowest BCUT2D eigenvalue weighted by Gasteiger charge is -2.24. The fourth-order valence-electron chi connectivity index (χ4n) is 2.90. The Bertz CT molecular complexity index is 660. The molecule has 1 aliphatic rings. The van der Waals surface area contributed by atoms with Crippen molar-refractivity contribution in [3.8, 4) is 0 Å². The number of nitrogens with zero attached hydrogens (tertiary/aromatic N) is 4. The molecule has 122 valence electrons. The van der Waals surface area contributed by atoms with Gasteiger partial charge < -0.3 is 9.80 Å². The van der Waals surface area contributed by atoms with Crippen LogP contribution in [0.2, 0.25) is 0 Å². The number of aromatic nitrogens is 2. The zero-order valence-corrected chi connectivity index (χ0v) is 13.2. The maximum absolute atomic E-state index is 14.4. The zero-order valence-electron chi connectivity index (χ0n) is 13.2. The van der Waals surface area contributed by atoms with Crippen LogP contribution in [0.3, 0.4) is 0 Å². The monoisotopic (exact) mass is 318 g/mol. The first-order chi connectivity index (χ1) is 11.2. The second-order valence-electron chi connectivity index (χ2n) is 5.62. The molecule has 0 bridgehead atoms. The Morgan fingerprint density at radius 1 is 0.957 bits per heavy atom. The molecule has 0 N–H and O–H groups in total. The highest BCUT2D eigenvalue weighted by molar-refractivity contribution is 5.48. The summed E-state index contributed by atoms with van der Waals surface area (Å²) in [7, 11) is 0. The van der Waals surface area contributed by atoms with Gasteiger partial charge in [0.15, 0.2) is 11.6 Å². The van der Waals surface area contributed by atoms with Gasteiger partial charge in [-0.1, -0.05) is 6.92 Å². The van der Waals surface area contributed by atoms with Gasteiger partial charge in [0.2, 0.25) is 0 Å². The van der Waals surface area contributed by atoms with Gasteiger partial charge in [-0.15, -0.1) is 0 Å². The van der Waals surface area contributed by atoms with Crippen molar-refractivity contribution in [2.24, 2.45) is 0 Å². The summed E-state index contributed by atoms with van der Waals surface area (Å²) in [5, 5.41) is 0. The van der Waals surface area contributed by atoms with Crippen molar-refractivity contribution in [2.45, 2.75) is 19.8 Å². The largest absolute Gasteiger partial charge is 0.370 e. The van der Waals surface area contributed by atoms with Crippen LogP contribution in [0.4, 0.5) is 20.3 Å².